The summed E-state index contributed by atoms with van der Waals surface area (Å²) in [5.41, 5.74) is 3.55. The van der Waals surface area contributed by atoms with Gasteiger partial charge >= 0.3 is 0 Å². The predicted molar refractivity (Wildman–Crippen MR) is 62.4 cm³/mol. The third-order valence-corrected chi connectivity index (χ3v) is 3.22. The summed E-state index contributed by atoms with van der Waals surface area (Å²) in [6.45, 7) is 1.09. The maximum absolute atomic E-state index is 10.4. The number of hydrogen-bond donors (Lipinski definition) is 0. The minimum absolute atomic E-state index is 0.604. The summed E-state index contributed by atoms with van der Waals surface area (Å²) in [6, 6.07) is 6.33. The molecule has 1 aromatic carbocycles. The fourth-order valence-corrected chi connectivity index (χ4v) is 2.43. The van der Waals surface area contributed by atoms with Gasteiger partial charge in [0, 0.05) is 19.4 Å². The Balaban J connectivity index is 2.05. The first kappa shape index (κ1) is 9.58. The Kier molecular flexibility index (Phi) is 2.24. The summed E-state index contributed by atoms with van der Waals surface area (Å²) >= 11 is 0. The fraction of sp³-hybridized carbons (Fsp3) is 0.385. The third-order valence-electron chi connectivity index (χ3n) is 3.22. The molecule has 2 aromatic rings. The molecule has 0 atom stereocenters. The number of imidazole rings is 1. The number of aldehydes is 1. The molecule has 3 rings (SSSR count). The lowest BCUT2D eigenvalue weighted by Crippen LogP contribution is -1.92. The van der Waals surface area contributed by atoms with E-state index in [0.29, 0.717) is 6.42 Å². The average molecular weight is 214 g/mol. The van der Waals surface area contributed by atoms with Gasteiger partial charge in [0.15, 0.2) is 0 Å². The van der Waals surface area contributed by atoms with E-state index >= 15 is 0 Å². The van der Waals surface area contributed by atoms with Crippen LogP contribution < -0.4 is 0 Å². The molecule has 1 aliphatic heterocycles. The standard InChI is InChI=1S/C13H14N2O/c16-8-2-3-10-5-6-11-12(9-10)15-7-1-4-13(15)14-11/h5-6,8-9H,1-4,7H2. The quantitative estimate of drug-likeness (QED) is 0.733. The molecule has 0 unspecified atom stereocenters. The molecule has 0 amide bonds. The van der Waals surface area contributed by atoms with Crippen LogP contribution in [0.4, 0.5) is 0 Å². The molecule has 1 aromatic heterocycles. The molecule has 3 heteroatoms. The van der Waals surface area contributed by atoms with E-state index in [1.807, 2.05) is 0 Å². The zero-order valence-electron chi connectivity index (χ0n) is 9.15. The predicted octanol–water partition coefficient (Wildman–Crippen LogP) is 2.11. The monoisotopic (exact) mass is 214 g/mol. The van der Waals surface area contributed by atoms with Crippen molar-refractivity contribution >= 4 is 17.3 Å². The number of nitrogens with zero attached hydrogens (tertiary/aromatic N) is 2. The second-order valence-corrected chi connectivity index (χ2v) is 4.31. The summed E-state index contributed by atoms with van der Waals surface area (Å²) in [5, 5.41) is 0. The van der Waals surface area contributed by atoms with Crippen molar-refractivity contribution in [1.82, 2.24) is 9.55 Å². The van der Waals surface area contributed by atoms with Gasteiger partial charge in [0.05, 0.1) is 11.0 Å². The number of benzene rings is 1. The first-order chi connectivity index (χ1) is 7.88. The molecular formula is C13H14N2O. The van der Waals surface area contributed by atoms with E-state index in [9.17, 15) is 4.79 Å². The molecule has 82 valence electrons. The van der Waals surface area contributed by atoms with Crippen molar-refractivity contribution in [1.29, 1.82) is 0 Å². The fourth-order valence-electron chi connectivity index (χ4n) is 2.43. The largest absolute Gasteiger partial charge is 0.328 e. The van der Waals surface area contributed by atoms with Gasteiger partial charge in [-0.2, -0.15) is 0 Å². The van der Waals surface area contributed by atoms with Crippen LogP contribution in [0.25, 0.3) is 11.0 Å². The van der Waals surface area contributed by atoms with E-state index in [1.54, 1.807) is 0 Å². The van der Waals surface area contributed by atoms with Crippen molar-refractivity contribution in [3.8, 4) is 0 Å². The number of carbonyl (C=O) groups excluding carboxylic acids is 1. The highest BCUT2D eigenvalue weighted by Gasteiger charge is 2.15. The molecule has 0 radical (unpaired) electrons. The zero-order chi connectivity index (χ0) is 11.0. The van der Waals surface area contributed by atoms with Gasteiger partial charge < -0.3 is 9.36 Å². The Morgan fingerprint density at radius 2 is 2.38 bits per heavy atom. The number of carbonyl (C=O) groups is 1. The number of aryl methyl sites for hydroxylation is 3. The first-order valence-corrected chi connectivity index (χ1v) is 5.80. The lowest BCUT2D eigenvalue weighted by molar-refractivity contribution is -0.107. The third kappa shape index (κ3) is 1.43. The molecule has 0 aliphatic carbocycles. The van der Waals surface area contributed by atoms with Gasteiger partial charge in [-0.3, -0.25) is 0 Å². The van der Waals surface area contributed by atoms with Crippen LogP contribution in [0.2, 0.25) is 0 Å². The molecule has 0 N–H and O–H groups in total. The summed E-state index contributed by atoms with van der Waals surface area (Å²) in [7, 11) is 0. The first-order valence-electron chi connectivity index (χ1n) is 5.80. The molecule has 0 saturated carbocycles. The van der Waals surface area contributed by atoms with E-state index in [0.717, 1.165) is 31.2 Å². The van der Waals surface area contributed by atoms with E-state index in [4.69, 9.17) is 0 Å². The second-order valence-electron chi connectivity index (χ2n) is 4.31. The van der Waals surface area contributed by atoms with Gasteiger partial charge in [0.1, 0.15) is 12.1 Å². The molecule has 0 bridgehead atoms. The van der Waals surface area contributed by atoms with Crippen molar-refractivity contribution in [3.05, 3.63) is 29.6 Å². The highest BCUT2D eigenvalue weighted by atomic mass is 16.1. The summed E-state index contributed by atoms with van der Waals surface area (Å²) < 4.78 is 2.31. The summed E-state index contributed by atoms with van der Waals surface area (Å²) in [6.07, 6.45) is 4.71. The van der Waals surface area contributed by atoms with Crippen LogP contribution in [0.1, 0.15) is 24.2 Å². The van der Waals surface area contributed by atoms with E-state index in [1.165, 1.54) is 23.3 Å². The van der Waals surface area contributed by atoms with Crippen molar-refractivity contribution in [2.24, 2.45) is 0 Å². The van der Waals surface area contributed by atoms with Gasteiger partial charge in [-0.15, -0.1) is 0 Å². The Morgan fingerprint density at radius 3 is 3.25 bits per heavy atom. The topological polar surface area (TPSA) is 34.9 Å². The molecule has 2 heterocycles. The highest BCUT2D eigenvalue weighted by Crippen LogP contribution is 2.23. The summed E-state index contributed by atoms with van der Waals surface area (Å²) in [5.74, 6) is 1.21. The van der Waals surface area contributed by atoms with Gasteiger partial charge in [-0.05, 0) is 30.5 Å². The van der Waals surface area contributed by atoms with Crippen molar-refractivity contribution in [3.63, 3.8) is 0 Å². The smallest absolute Gasteiger partial charge is 0.120 e. The number of rotatable bonds is 3. The molecule has 0 saturated heterocycles. The normalized spacial score (nSPS) is 14.2. The maximum Gasteiger partial charge on any atom is 0.120 e. The van der Waals surface area contributed by atoms with Crippen molar-refractivity contribution in [2.75, 3.05) is 0 Å². The highest BCUT2D eigenvalue weighted by molar-refractivity contribution is 5.77. The van der Waals surface area contributed by atoms with E-state index < -0.39 is 0 Å². The Morgan fingerprint density at radius 1 is 1.44 bits per heavy atom. The molecule has 3 nitrogen and oxygen atoms in total. The molecule has 0 spiro atoms. The number of fused-ring (bicyclic) bond motifs is 3. The lowest BCUT2D eigenvalue weighted by atomic mass is 10.1. The molecular weight excluding hydrogens is 200 g/mol. The SMILES string of the molecule is O=CCCc1ccc2nc3n(c2c1)CCC3. The second kappa shape index (κ2) is 3.74. The van der Waals surface area contributed by atoms with Gasteiger partial charge in [-0.1, -0.05) is 6.07 Å². The van der Waals surface area contributed by atoms with Crippen LogP contribution in [0.5, 0.6) is 0 Å². The van der Waals surface area contributed by atoms with Crippen molar-refractivity contribution in [2.45, 2.75) is 32.2 Å². The van der Waals surface area contributed by atoms with E-state index in [-0.39, 0.29) is 0 Å². The van der Waals surface area contributed by atoms with Crippen LogP contribution in [0, 0.1) is 0 Å². The average Bonchev–Trinajstić information content (AvgIpc) is 2.86. The van der Waals surface area contributed by atoms with Crippen LogP contribution in [-0.4, -0.2) is 15.8 Å². The maximum atomic E-state index is 10.4. The Bertz CT molecular complexity index is 542. The Hall–Kier alpha value is -1.64. The minimum Gasteiger partial charge on any atom is -0.328 e. The van der Waals surface area contributed by atoms with Gasteiger partial charge in [-0.25, -0.2) is 4.98 Å². The zero-order valence-corrected chi connectivity index (χ0v) is 9.15. The molecule has 16 heavy (non-hydrogen) atoms. The molecule has 1 aliphatic rings. The number of aromatic nitrogens is 2. The van der Waals surface area contributed by atoms with Crippen molar-refractivity contribution < 1.29 is 4.79 Å². The lowest BCUT2D eigenvalue weighted by Gasteiger charge is -2.01. The number of hydrogen-bond acceptors (Lipinski definition) is 2. The van der Waals surface area contributed by atoms with Crippen LogP contribution >= 0.6 is 0 Å². The van der Waals surface area contributed by atoms with E-state index in [2.05, 4.69) is 27.8 Å². The Labute approximate surface area is 94.1 Å². The van der Waals surface area contributed by atoms with Crippen LogP contribution in [0.3, 0.4) is 0 Å². The van der Waals surface area contributed by atoms with Gasteiger partial charge in [0.2, 0.25) is 0 Å². The minimum atomic E-state index is 0.604. The summed E-state index contributed by atoms with van der Waals surface area (Å²) in [4.78, 5) is 15.0. The van der Waals surface area contributed by atoms with Crippen LogP contribution in [0.15, 0.2) is 18.2 Å². The molecule has 0 fully saturated rings. The van der Waals surface area contributed by atoms with Gasteiger partial charge in [0.25, 0.3) is 0 Å². The van der Waals surface area contributed by atoms with Crippen LogP contribution in [-0.2, 0) is 24.2 Å².